The van der Waals surface area contributed by atoms with Crippen molar-refractivity contribution in [1.82, 2.24) is 14.7 Å². The molecule has 1 aromatic heterocycles. The summed E-state index contributed by atoms with van der Waals surface area (Å²) in [6, 6.07) is 10.2. The van der Waals surface area contributed by atoms with E-state index in [1.54, 1.807) is 19.3 Å². The molecular formula is C22H29N5O2. The third-order valence-corrected chi connectivity index (χ3v) is 6.08. The number of carbonyl (C=O) groups excluding carboxylic acids is 1. The second-order valence-electron chi connectivity index (χ2n) is 8.11. The molecule has 4 rings (SSSR count). The Morgan fingerprint density at radius 3 is 2.41 bits per heavy atom. The van der Waals surface area contributed by atoms with E-state index in [0.717, 1.165) is 51.3 Å². The van der Waals surface area contributed by atoms with Crippen molar-refractivity contribution in [2.75, 3.05) is 49.1 Å². The molecule has 0 saturated carbocycles. The van der Waals surface area contributed by atoms with E-state index >= 15 is 0 Å². The molecule has 0 aliphatic carbocycles. The van der Waals surface area contributed by atoms with Crippen LogP contribution >= 0.6 is 0 Å². The zero-order chi connectivity index (χ0) is 20.4. The van der Waals surface area contributed by atoms with Crippen LogP contribution in [0, 0.1) is 12.8 Å². The number of piperazine rings is 1. The highest BCUT2D eigenvalue weighted by Crippen LogP contribution is 2.24. The summed E-state index contributed by atoms with van der Waals surface area (Å²) in [6.07, 6.45) is 3.58. The van der Waals surface area contributed by atoms with Crippen molar-refractivity contribution in [3.8, 4) is 0 Å². The van der Waals surface area contributed by atoms with E-state index in [9.17, 15) is 9.59 Å². The van der Waals surface area contributed by atoms with Gasteiger partial charge in [-0.3, -0.25) is 9.59 Å². The van der Waals surface area contributed by atoms with Gasteiger partial charge in [-0.25, -0.2) is 4.68 Å². The first-order chi connectivity index (χ1) is 14.0. The minimum absolute atomic E-state index is 0.0151. The Labute approximate surface area is 171 Å². The van der Waals surface area contributed by atoms with Crippen LogP contribution in [0.3, 0.4) is 0 Å². The third-order valence-electron chi connectivity index (χ3n) is 6.08. The molecule has 29 heavy (non-hydrogen) atoms. The van der Waals surface area contributed by atoms with Crippen LogP contribution in [0.25, 0.3) is 0 Å². The lowest BCUT2D eigenvalue weighted by Crippen LogP contribution is -2.52. The lowest BCUT2D eigenvalue weighted by Gasteiger charge is -2.40. The number of aryl methyl sites for hydroxylation is 2. The molecule has 0 spiro atoms. The minimum atomic E-state index is -0.122. The zero-order valence-electron chi connectivity index (χ0n) is 17.3. The van der Waals surface area contributed by atoms with E-state index in [0.29, 0.717) is 6.54 Å². The number of amides is 1. The summed E-state index contributed by atoms with van der Waals surface area (Å²) >= 11 is 0. The Bertz CT molecular complexity index is 916. The number of anilines is 2. The highest BCUT2D eigenvalue weighted by molar-refractivity contribution is 5.80. The molecule has 0 N–H and O–H groups in total. The van der Waals surface area contributed by atoms with Gasteiger partial charge in [0.15, 0.2) is 0 Å². The average Bonchev–Trinajstić information content (AvgIpc) is 2.76. The van der Waals surface area contributed by atoms with Gasteiger partial charge in [0.1, 0.15) is 0 Å². The van der Waals surface area contributed by atoms with Crippen LogP contribution in [0.4, 0.5) is 11.4 Å². The topological polar surface area (TPSA) is 61.7 Å². The molecule has 0 unspecified atom stereocenters. The molecule has 2 fully saturated rings. The van der Waals surface area contributed by atoms with Crippen LogP contribution in [0.2, 0.25) is 0 Å². The number of benzene rings is 1. The van der Waals surface area contributed by atoms with E-state index in [2.05, 4.69) is 46.1 Å². The number of hydrogen-bond donors (Lipinski definition) is 0. The normalized spacial score (nSPS) is 20.1. The maximum Gasteiger partial charge on any atom is 0.268 e. The van der Waals surface area contributed by atoms with E-state index < -0.39 is 0 Å². The number of nitrogens with zero attached hydrogens (tertiary/aromatic N) is 5. The fourth-order valence-electron chi connectivity index (χ4n) is 4.24. The van der Waals surface area contributed by atoms with Gasteiger partial charge < -0.3 is 14.7 Å². The minimum Gasteiger partial charge on any atom is -0.369 e. The van der Waals surface area contributed by atoms with Crippen molar-refractivity contribution in [3.63, 3.8) is 0 Å². The van der Waals surface area contributed by atoms with Gasteiger partial charge in [-0.15, -0.1) is 0 Å². The molecule has 0 radical (unpaired) electrons. The van der Waals surface area contributed by atoms with Crippen LogP contribution in [0.5, 0.6) is 0 Å². The number of rotatable bonds is 3. The van der Waals surface area contributed by atoms with Gasteiger partial charge in [0, 0.05) is 58.1 Å². The first kappa shape index (κ1) is 19.5. The predicted molar refractivity (Wildman–Crippen MR) is 114 cm³/mol. The van der Waals surface area contributed by atoms with Gasteiger partial charge in [0.05, 0.1) is 17.8 Å². The summed E-state index contributed by atoms with van der Waals surface area (Å²) in [6.45, 7) is 6.87. The van der Waals surface area contributed by atoms with Crippen LogP contribution in [-0.2, 0) is 11.8 Å². The van der Waals surface area contributed by atoms with E-state index in [-0.39, 0.29) is 17.4 Å². The fourth-order valence-corrected chi connectivity index (χ4v) is 4.24. The van der Waals surface area contributed by atoms with Crippen LogP contribution < -0.4 is 15.4 Å². The maximum atomic E-state index is 13.1. The Hall–Kier alpha value is -2.83. The molecule has 154 valence electrons. The zero-order valence-corrected chi connectivity index (χ0v) is 17.3. The van der Waals surface area contributed by atoms with E-state index in [1.807, 2.05) is 4.90 Å². The lowest BCUT2D eigenvalue weighted by atomic mass is 9.96. The molecule has 2 aliphatic heterocycles. The van der Waals surface area contributed by atoms with Crippen LogP contribution in [-0.4, -0.2) is 59.9 Å². The molecule has 2 aliphatic rings. The second kappa shape index (κ2) is 8.27. The van der Waals surface area contributed by atoms with Gasteiger partial charge >= 0.3 is 0 Å². The molecule has 7 nitrogen and oxygen atoms in total. The number of piperidine rings is 1. The summed E-state index contributed by atoms with van der Waals surface area (Å²) in [5.41, 5.74) is 3.18. The highest BCUT2D eigenvalue weighted by atomic mass is 16.2. The van der Waals surface area contributed by atoms with Crippen molar-refractivity contribution in [1.29, 1.82) is 0 Å². The summed E-state index contributed by atoms with van der Waals surface area (Å²) < 4.78 is 1.32. The fraction of sp³-hybridized carbons (Fsp3) is 0.500. The Balaban J connectivity index is 1.36. The van der Waals surface area contributed by atoms with E-state index in [1.165, 1.54) is 15.9 Å². The van der Waals surface area contributed by atoms with Crippen LogP contribution in [0.1, 0.15) is 18.4 Å². The quantitative estimate of drug-likeness (QED) is 0.791. The highest BCUT2D eigenvalue weighted by Gasteiger charge is 2.31. The van der Waals surface area contributed by atoms with Crippen LogP contribution in [0.15, 0.2) is 41.3 Å². The smallest absolute Gasteiger partial charge is 0.268 e. The molecule has 0 bridgehead atoms. The number of aromatic nitrogens is 2. The van der Waals surface area contributed by atoms with Gasteiger partial charge in [0.25, 0.3) is 5.56 Å². The molecule has 1 amide bonds. The van der Waals surface area contributed by atoms with Crippen molar-refractivity contribution in [3.05, 3.63) is 52.4 Å². The van der Waals surface area contributed by atoms with Gasteiger partial charge in [0.2, 0.25) is 5.91 Å². The van der Waals surface area contributed by atoms with Gasteiger partial charge in [-0.2, -0.15) is 5.10 Å². The van der Waals surface area contributed by atoms with Gasteiger partial charge in [-0.1, -0.05) is 17.7 Å². The summed E-state index contributed by atoms with van der Waals surface area (Å²) in [5, 5.41) is 4.12. The molecule has 2 saturated heterocycles. The third kappa shape index (κ3) is 4.28. The van der Waals surface area contributed by atoms with Crippen molar-refractivity contribution in [2.24, 2.45) is 13.0 Å². The lowest BCUT2D eigenvalue weighted by molar-refractivity contribution is -0.136. The van der Waals surface area contributed by atoms with Crippen molar-refractivity contribution >= 4 is 17.3 Å². The Morgan fingerprint density at radius 2 is 1.72 bits per heavy atom. The van der Waals surface area contributed by atoms with Crippen molar-refractivity contribution < 1.29 is 4.79 Å². The average molecular weight is 396 g/mol. The summed E-state index contributed by atoms with van der Waals surface area (Å²) in [5.74, 6) is 0.230. The summed E-state index contributed by atoms with van der Waals surface area (Å²) in [7, 11) is 1.64. The van der Waals surface area contributed by atoms with Crippen molar-refractivity contribution in [2.45, 2.75) is 19.8 Å². The first-order valence-electron chi connectivity index (χ1n) is 10.4. The predicted octanol–water partition coefficient (Wildman–Crippen LogP) is 1.65. The Morgan fingerprint density at radius 1 is 1.00 bits per heavy atom. The van der Waals surface area contributed by atoms with E-state index in [4.69, 9.17) is 0 Å². The molecule has 7 heteroatoms. The maximum absolute atomic E-state index is 13.1. The SMILES string of the molecule is Cc1ccc(N2CCN(C(=O)[C@H]3CCCN(c4cnn(C)c(=O)c4)C3)CC2)cc1. The number of carbonyl (C=O) groups is 1. The second-order valence-corrected chi connectivity index (χ2v) is 8.11. The molecule has 2 aromatic rings. The summed E-state index contributed by atoms with van der Waals surface area (Å²) in [4.78, 5) is 31.5. The molecule has 1 aromatic carbocycles. The standard InChI is InChI=1S/C22H29N5O2/c1-17-5-7-19(8-6-17)25-10-12-26(13-11-25)22(29)18-4-3-9-27(16-18)20-14-21(28)24(2)23-15-20/h5-8,14-15,18H,3-4,9-13,16H2,1-2H3/t18-/m0/s1. The first-order valence-corrected chi connectivity index (χ1v) is 10.4. The van der Waals surface area contributed by atoms with Gasteiger partial charge in [-0.05, 0) is 31.9 Å². The largest absolute Gasteiger partial charge is 0.369 e. The number of hydrogen-bond acceptors (Lipinski definition) is 5. The monoisotopic (exact) mass is 395 g/mol. The molecule has 1 atom stereocenters. The molecular weight excluding hydrogens is 366 g/mol. The Kier molecular flexibility index (Phi) is 5.56. The molecule has 3 heterocycles.